The van der Waals surface area contributed by atoms with Crippen molar-refractivity contribution in [1.82, 2.24) is 5.32 Å². The van der Waals surface area contributed by atoms with Gasteiger partial charge in [0.1, 0.15) is 0 Å². The Bertz CT molecular complexity index is 629. The smallest absolute Gasteiger partial charge is 0.0297 e. The molecule has 3 rings (SSSR count). The Morgan fingerprint density at radius 3 is 2.33 bits per heavy atom. The van der Waals surface area contributed by atoms with Gasteiger partial charge in [-0.25, -0.2) is 0 Å². The van der Waals surface area contributed by atoms with Crippen molar-refractivity contribution in [3.63, 3.8) is 0 Å². The van der Waals surface area contributed by atoms with Crippen molar-refractivity contribution >= 4 is 0 Å². The van der Waals surface area contributed by atoms with Crippen LogP contribution in [0.5, 0.6) is 0 Å². The first-order valence-corrected chi connectivity index (χ1v) is 8.08. The van der Waals surface area contributed by atoms with Gasteiger partial charge in [-0.05, 0) is 62.3 Å². The third-order valence-corrected chi connectivity index (χ3v) is 4.66. The number of fused-ring (bicyclic) bond motifs is 1. The molecule has 0 saturated heterocycles. The molecule has 0 saturated carbocycles. The molecule has 21 heavy (non-hydrogen) atoms. The number of hydrogen-bond donors (Lipinski definition) is 1. The molecule has 0 radical (unpaired) electrons. The third-order valence-electron chi connectivity index (χ3n) is 4.66. The van der Waals surface area contributed by atoms with Gasteiger partial charge >= 0.3 is 0 Å². The molecular weight excluding hydrogens is 254 g/mol. The maximum Gasteiger partial charge on any atom is 0.0297 e. The van der Waals surface area contributed by atoms with Gasteiger partial charge < -0.3 is 5.32 Å². The summed E-state index contributed by atoms with van der Waals surface area (Å²) in [5.74, 6) is 0. The Hall–Kier alpha value is -1.60. The first kappa shape index (κ1) is 14.3. The summed E-state index contributed by atoms with van der Waals surface area (Å²) < 4.78 is 0. The fourth-order valence-electron chi connectivity index (χ4n) is 3.37. The predicted molar refractivity (Wildman–Crippen MR) is 89.6 cm³/mol. The van der Waals surface area contributed by atoms with E-state index in [9.17, 15) is 0 Å². The summed E-state index contributed by atoms with van der Waals surface area (Å²) in [5.41, 5.74) is 7.21. The SMILES string of the molecule is Cc1cccc([C@@H](C)NC(C)c2ccc3c(c2)CCC3)c1. The lowest BCUT2D eigenvalue weighted by molar-refractivity contribution is 0.494. The van der Waals surface area contributed by atoms with E-state index >= 15 is 0 Å². The van der Waals surface area contributed by atoms with Crippen molar-refractivity contribution in [1.29, 1.82) is 0 Å². The first-order valence-electron chi connectivity index (χ1n) is 8.08. The zero-order valence-electron chi connectivity index (χ0n) is 13.3. The monoisotopic (exact) mass is 279 g/mol. The molecule has 1 heteroatoms. The lowest BCUT2D eigenvalue weighted by Gasteiger charge is -2.21. The summed E-state index contributed by atoms with van der Waals surface area (Å²) in [4.78, 5) is 0. The van der Waals surface area contributed by atoms with Crippen molar-refractivity contribution < 1.29 is 0 Å². The highest BCUT2D eigenvalue weighted by Crippen LogP contribution is 2.26. The molecule has 0 aliphatic heterocycles. The summed E-state index contributed by atoms with van der Waals surface area (Å²) in [6.45, 7) is 6.67. The van der Waals surface area contributed by atoms with E-state index in [1.807, 2.05) is 0 Å². The molecule has 1 N–H and O–H groups in total. The fourth-order valence-corrected chi connectivity index (χ4v) is 3.37. The average Bonchev–Trinajstić information content (AvgIpc) is 2.94. The normalized spacial score (nSPS) is 16.5. The lowest BCUT2D eigenvalue weighted by atomic mass is 10.00. The summed E-state index contributed by atoms with van der Waals surface area (Å²) in [6.07, 6.45) is 3.83. The maximum atomic E-state index is 3.73. The van der Waals surface area contributed by atoms with Crippen LogP contribution in [0.4, 0.5) is 0 Å². The van der Waals surface area contributed by atoms with E-state index in [1.54, 1.807) is 11.1 Å². The molecule has 1 nitrogen and oxygen atoms in total. The number of hydrogen-bond acceptors (Lipinski definition) is 1. The van der Waals surface area contributed by atoms with Gasteiger partial charge in [-0.3, -0.25) is 0 Å². The van der Waals surface area contributed by atoms with E-state index < -0.39 is 0 Å². The molecule has 2 aromatic rings. The van der Waals surface area contributed by atoms with Gasteiger partial charge in [0.2, 0.25) is 0 Å². The third kappa shape index (κ3) is 3.19. The molecule has 0 fully saturated rings. The first-order chi connectivity index (χ1) is 10.1. The molecule has 0 amide bonds. The van der Waals surface area contributed by atoms with Crippen LogP contribution in [0.25, 0.3) is 0 Å². The van der Waals surface area contributed by atoms with E-state index in [1.165, 1.54) is 36.0 Å². The van der Waals surface area contributed by atoms with Crippen molar-refractivity contribution in [3.8, 4) is 0 Å². The van der Waals surface area contributed by atoms with E-state index in [-0.39, 0.29) is 0 Å². The Morgan fingerprint density at radius 2 is 1.57 bits per heavy atom. The lowest BCUT2D eigenvalue weighted by Crippen LogP contribution is -2.22. The molecule has 1 unspecified atom stereocenters. The van der Waals surface area contributed by atoms with Crippen molar-refractivity contribution in [2.24, 2.45) is 0 Å². The Labute approximate surface area is 128 Å². The van der Waals surface area contributed by atoms with Gasteiger partial charge in [0.15, 0.2) is 0 Å². The molecule has 0 bridgehead atoms. The maximum absolute atomic E-state index is 3.73. The molecular formula is C20H25N. The van der Waals surface area contributed by atoms with Crippen LogP contribution in [0, 0.1) is 6.92 Å². The standard InChI is InChI=1S/C20H25N/c1-14-6-4-8-18(12-14)15(2)21-16(3)19-11-10-17-7-5-9-20(17)13-19/h4,6,8,10-13,15-16,21H,5,7,9H2,1-3H3/t15-,16?/m1/s1. The Balaban J connectivity index is 1.72. The summed E-state index contributed by atoms with van der Waals surface area (Å²) >= 11 is 0. The zero-order chi connectivity index (χ0) is 14.8. The van der Waals surface area contributed by atoms with Crippen LogP contribution >= 0.6 is 0 Å². The average molecular weight is 279 g/mol. The van der Waals surface area contributed by atoms with Crippen molar-refractivity contribution in [2.45, 2.75) is 52.1 Å². The van der Waals surface area contributed by atoms with Crippen LogP contribution in [0.2, 0.25) is 0 Å². The second-order valence-corrected chi connectivity index (χ2v) is 6.41. The summed E-state index contributed by atoms with van der Waals surface area (Å²) in [6, 6.07) is 16.6. The van der Waals surface area contributed by atoms with E-state index in [0.717, 1.165) is 0 Å². The number of nitrogens with one attached hydrogen (secondary N) is 1. The van der Waals surface area contributed by atoms with Gasteiger partial charge in [0, 0.05) is 12.1 Å². The Morgan fingerprint density at radius 1 is 0.857 bits per heavy atom. The van der Waals surface area contributed by atoms with Gasteiger partial charge in [-0.15, -0.1) is 0 Å². The molecule has 0 heterocycles. The number of benzene rings is 2. The van der Waals surface area contributed by atoms with Gasteiger partial charge in [0.05, 0.1) is 0 Å². The molecule has 2 aromatic carbocycles. The second kappa shape index (κ2) is 6.03. The quantitative estimate of drug-likeness (QED) is 0.839. The van der Waals surface area contributed by atoms with E-state index in [4.69, 9.17) is 0 Å². The van der Waals surface area contributed by atoms with Gasteiger partial charge in [-0.2, -0.15) is 0 Å². The minimum atomic E-state index is 0.369. The number of rotatable bonds is 4. The van der Waals surface area contributed by atoms with Crippen LogP contribution in [-0.2, 0) is 12.8 Å². The molecule has 1 aliphatic rings. The van der Waals surface area contributed by atoms with Gasteiger partial charge in [-0.1, -0.05) is 48.0 Å². The second-order valence-electron chi connectivity index (χ2n) is 6.41. The highest BCUT2D eigenvalue weighted by atomic mass is 14.9. The topological polar surface area (TPSA) is 12.0 Å². The van der Waals surface area contributed by atoms with E-state index in [2.05, 4.69) is 68.6 Å². The summed E-state index contributed by atoms with van der Waals surface area (Å²) in [7, 11) is 0. The predicted octanol–water partition coefficient (Wildman–Crippen LogP) is 4.90. The van der Waals surface area contributed by atoms with Crippen molar-refractivity contribution in [2.75, 3.05) is 0 Å². The van der Waals surface area contributed by atoms with Crippen molar-refractivity contribution in [3.05, 3.63) is 70.3 Å². The fraction of sp³-hybridized carbons (Fsp3) is 0.400. The number of aryl methyl sites for hydroxylation is 3. The highest BCUT2D eigenvalue weighted by molar-refractivity contribution is 5.36. The summed E-state index contributed by atoms with van der Waals surface area (Å²) in [5, 5.41) is 3.73. The van der Waals surface area contributed by atoms with Gasteiger partial charge in [0.25, 0.3) is 0 Å². The zero-order valence-corrected chi connectivity index (χ0v) is 13.3. The molecule has 0 spiro atoms. The van der Waals surface area contributed by atoms with E-state index in [0.29, 0.717) is 12.1 Å². The van der Waals surface area contributed by atoms with Crippen LogP contribution < -0.4 is 5.32 Å². The van der Waals surface area contributed by atoms with Crippen LogP contribution in [0.15, 0.2) is 42.5 Å². The molecule has 1 aliphatic carbocycles. The minimum absolute atomic E-state index is 0.369. The Kier molecular flexibility index (Phi) is 4.12. The van der Waals surface area contributed by atoms with Crippen LogP contribution in [0.3, 0.4) is 0 Å². The van der Waals surface area contributed by atoms with Crippen LogP contribution in [-0.4, -0.2) is 0 Å². The minimum Gasteiger partial charge on any atom is -0.304 e. The largest absolute Gasteiger partial charge is 0.304 e. The van der Waals surface area contributed by atoms with Crippen LogP contribution in [0.1, 0.15) is 60.2 Å². The molecule has 110 valence electrons. The molecule has 0 aromatic heterocycles. The molecule has 2 atom stereocenters. The highest BCUT2D eigenvalue weighted by Gasteiger charge is 2.15.